The van der Waals surface area contributed by atoms with Crippen LogP contribution in [0.2, 0.25) is 0 Å². The van der Waals surface area contributed by atoms with Crippen LogP contribution in [0.1, 0.15) is 41.9 Å². The molecule has 1 heterocycles. The van der Waals surface area contributed by atoms with Gasteiger partial charge in [-0.25, -0.2) is 9.37 Å². The van der Waals surface area contributed by atoms with Gasteiger partial charge < -0.3 is 16.0 Å². The van der Waals surface area contributed by atoms with Gasteiger partial charge in [0.25, 0.3) is 5.91 Å². The van der Waals surface area contributed by atoms with E-state index in [4.69, 9.17) is 0 Å². The SMILES string of the molecule is CC(C)C[C@H](NC(=O)[C@H](Cc1ccccc1)NC(=O)c1cnccn1)C(=O)NCc1ccc(F)cc1. The fourth-order valence-electron chi connectivity index (χ4n) is 3.60. The maximum absolute atomic E-state index is 13.3. The van der Waals surface area contributed by atoms with Gasteiger partial charge in [0.2, 0.25) is 11.8 Å². The minimum Gasteiger partial charge on any atom is -0.350 e. The smallest absolute Gasteiger partial charge is 0.272 e. The third kappa shape index (κ3) is 8.26. The molecule has 0 aliphatic carbocycles. The van der Waals surface area contributed by atoms with Gasteiger partial charge in [0.05, 0.1) is 6.20 Å². The number of hydrogen-bond acceptors (Lipinski definition) is 5. The predicted molar refractivity (Wildman–Crippen MR) is 133 cm³/mol. The summed E-state index contributed by atoms with van der Waals surface area (Å²) in [5, 5.41) is 8.33. The Bertz CT molecular complexity index is 1140. The first-order valence-electron chi connectivity index (χ1n) is 11.7. The maximum atomic E-state index is 13.3. The second-order valence-electron chi connectivity index (χ2n) is 8.84. The van der Waals surface area contributed by atoms with Crippen molar-refractivity contribution in [2.24, 2.45) is 5.92 Å². The van der Waals surface area contributed by atoms with Crippen molar-refractivity contribution in [3.05, 3.63) is 95.8 Å². The van der Waals surface area contributed by atoms with Crippen LogP contribution in [0.3, 0.4) is 0 Å². The average Bonchev–Trinajstić information content (AvgIpc) is 2.88. The van der Waals surface area contributed by atoms with Crippen molar-refractivity contribution >= 4 is 17.7 Å². The molecule has 188 valence electrons. The Morgan fingerprint density at radius 3 is 2.22 bits per heavy atom. The Kier molecular flexibility index (Phi) is 9.62. The molecule has 0 unspecified atom stereocenters. The van der Waals surface area contributed by atoms with Gasteiger partial charge in [-0.15, -0.1) is 0 Å². The maximum Gasteiger partial charge on any atom is 0.272 e. The summed E-state index contributed by atoms with van der Waals surface area (Å²) in [6.07, 6.45) is 4.79. The normalized spacial score (nSPS) is 12.4. The Balaban J connectivity index is 1.72. The molecule has 0 saturated carbocycles. The van der Waals surface area contributed by atoms with E-state index in [1.807, 2.05) is 44.2 Å². The number of aromatic nitrogens is 2. The van der Waals surface area contributed by atoms with Crippen LogP contribution >= 0.6 is 0 Å². The third-order valence-corrected chi connectivity index (χ3v) is 5.42. The summed E-state index contributed by atoms with van der Waals surface area (Å²) in [7, 11) is 0. The van der Waals surface area contributed by atoms with Crippen molar-refractivity contribution < 1.29 is 18.8 Å². The van der Waals surface area contributed by atoms with E-state index in [-0.39, 0.29) is 36.3 Å². The molecule has 8 nitrogen and oxygen atoms in total. The minimum absolute atomic E-state index is 0.0825. The fourth-order valence-corrected chi connectivity index (χ4v) is 3.60. The second kappa shape index (κ2) is 13.1. The molecular weight excluding hydrogens is 461 g/mol. The standard InChI is InChI=1S/C27H30FN5O3/c1-18(2)14-22(25(34)31-16-20-8-10-21(28)11-9-20)32-26(35)23(15-19-6-4-3-5-7-19)33-27(36)24-17-29-12-13-30-24/h3-13,17-18,22-23H,14-16H2,1-2H3,(H,31,34)(H,32,35)(H,33,36)/t22-,23-/m0/s1. The summed E-state index contributed by atoms with van der Waals surface area (Å²) in [6, 6.07) is 13.3. The summed E-state index contributed by atoms with van der Waals surface area (Å²) < 4.78 is 13.2. The van der Waals surface area contributed by atoms with Crippen molar-refractivity contribution in [1.82, 2.24) is 25.9 Å². The zero-order chi connectivity index (χ0) is 25.9. The molecule has 0 radical (unpaired) electrons. The lowest BCUT2D eigenvalue weighted by Gasteiger charge is -2.24. The van der Waals surface area contributed by atoms with Crippen molar-refractivity contribution in [3.8, 4) is 0 Å². The van der Waals surface area contributed by atoms with Crippen LogP contribution in [0.4, 0.5) is 4.39 Å². The molecule has 0 aliphatic heterocycles. The molecule has 0 fully saturated rings. The molecular formula is C27H30FN5O3. The zero-order valence-electron chi connectivity index (χ0n) is 20.3. The van der Waals surface area contributed by atoms with Crippen molar-refractivity contribution in [1.29, 1.82) is 0 Å². The largest absolute Gasteiger partial charge is 0.350 e. The number of amides is 3. The van der Waals surface area contributed by atoms with Crippen LogP contribution in [0.5, 0.6) is 0 Å². The monoisotopic (exact) mass is 491 g/mol. The quantitative estimate of drug-likeness (QED) is 0.382. The lowest BCUT2D eigenvalue weighted by molar-refractivity contribution is -0.130. The molecule has 3 N–H and O–H groups in total. The first-order valence-corrected chi connectivity index (χ1v) is 11.7. The minimum atomic E-state index is -0.943. The van der Waals surface area contributed by atoms with E-state index in [0.29, 0.717) is 6.42 Å². The number of carbonyl (C=O) groups is 3. The van der Waals surface area contributed by atoms with E-state index in [2.05, 4.69) is 25.9 Å². The van der Waals surface area contributed by atoms with Crippen LogP contribution in [0.25, 0.3) is 0 Å². The molecule has 3 aromatic rings. The van der Waals surface area contributed by atoms with Crippen LogP contribution in [-0.4, -0.2) is 39.8 Å². The molecule has 0 saturated heterocycles. The number of carbonyl (C=O) groups excluding carboxylic acids is 3. The van der Waals surface area contributed by atoms with E-state index in [1.54, 1.807) is 12.1 Å². The Hall–Kier alpha value is -4.14. The van der Waals surface area contributed by atoms with Crippen LogP contribution in [0.15, 0.2) is 73.2 Å². The van der Waals surface area contributed by atoms with Gasteiger partial charge >= 0.3 is 0 Å². The van der Waals surface area contributed by atoms with Crippen molar-refractivity contribution in [3.63, 3.8) is 0 Å². The van der Waals surface area contributed by atoms with Gasteiger partial charge in [-0.1, -0.05) is 56.3 Å². The molecule has 2 atom stereocenters. The summed E-state index contributed by atoms with van der Waals surface area (Å²) >= 11 is 0. The molecule has 3 amide bonds. The highest BCUT2D eigenvalue weighted by Gasteiger charge is 2.28. The molecule has 2 aromatic carbocycles. The van der Waals surface area contributed by atoms with Crippen LogP contribution in [-0.2, 0) is 22.6 Å². The van der Waals surface area contributed by atoms with E-state index in [0.717, 1.165) is 11.1 Å². The molecule has 0 bridgehead atoms. The molecule has 9 heteroatoms. The highest BCUT2D eigenvalue weighted by atomic mass is 19.1. The van der Waals surface area contributed by atoms with Gasteiger partial charge in [-0.05, 0) is 35.6 Å². The number of halogens is 1. The zero-order valence-corrected chi connectivity index (χ0v) is 20.3. The average molecular weight is 492 g/mol. The second-order valence-corrected chi connectivity index (χ2v) is 8.84. The highest BCUT2D eigenvalue weighted by Crippen LogP contribution is 2.09. The summed E-state index contributed by atoms with van der Waals surface area (Å²) in [5.74, 6) is -1.63. The van der Waals surface area contributed by atoms with Gasteiger partial charge in [-0.2, -0.15) is 0 Å². The van der Waals surface area contributed by atoms with E-state index < -0.39 is 23.9 Å². The van der Waals surface area contributed by atoms with Gasteiger partial charge in [0.1, 0.15) is 23.6 Å². The Labute approximate surface area is 209 Å². The van der Waals surface area contributed by atoms with E-state index in [9.17, 15) is 18.8 Å². The number of nitrogens with one attached hydrogen (secondary N) is 3. The fraction of sp³-hybridized carbons (Fsp3) is 0.296. The summed E-state index contributed by atoms with van der Waals surface area (Å²) in [4.78, 5) is 46.9. The van der Waals surface area contributed by atoms with E-state index >= 15 is 0 Å². The first-order chi connectivity index (χ1) is 17.3. The van der Waals surface area contributed by atoms with Crippen LogP contribution < -0.4 is 16.0 Å². The summed E-state index contributed by atoms with van der Waals surface area (Å²) in [5.41, 5.74) is 1.66. The van der Waals surface area contributed by atoms with Gasteiger partial charge in [0.15, 0.2) is 0 Å². The van der Waals surface area contributed by atoms with Gasteiger partial charge in [0, 0.05) is 25.4 Å². The predicted octanol–water partition coefficient (Wildman–Crippen LogP) is 2.80. The van der Waals surface area contributed by atoms with Crippen molar-refractivity contribution in [2.45, 2.75) is 45.3 Å². The van der Waals surface area contributed by atoms with Crippen molar-refractivity contribution in [2.75, 3.05) is 0 Å². The number of benzene rings is 2. The lowest BCUT2D eigenvalue weighted by Crippen LogP contribution is -2.54. The topological polar surface area (TPSA) is 113 Å². The Morgan fingerprint density at radius 2 is 1.58 bits per heavy atom. The van der Waals surface area contributed by atoms with Gasteiger partial charge in [-0.3, -0.25) is 19.4 Å². The lowest BCUT2D eigenvalue weighted by atomic mass is 10.0. The number of nitrogens with zero attached hydrogens (tertiary/aromatic N) is 2. The third-order valence-electron chi connectivity index (χ3n) is 5.42. The first kappa shape index (κ1) is 26.5. The highest BCUT2D eigenvalue weighted by molar-refractivity contribution is 5.97. The van der Waals surface area contributed by atoms with E-state index in [1.165, 1.54) is 30.7 Å². The molecule has 36 heavy (non-hydrogen) atoms. The molecule has 1 aromatic heterocycles. The number of hydrogen-bond donors (Lipinski definition) is 3. The molecule has 0 aliphatic rings. The van der Waals surface area contributed by atoms with Crippen LogP contribution in [0, 0.1) is 11.7 Å². The Morgan fingerprint density at radius 1 is 0.861 bits per heavy atom. The molecule has 3 rings (SSSR count). The molecule has 0 spiro atoms. The number of rotatable bonds is 11. The summed E-state index contributed by atoms with van der Waals surface area (Å²) in [6.45, 7) is 4.09.